The van der Waals surface area contributed by atoms with Gasteiger partial charge in [0.05, 0.1) is 8.66 Å². The molecule has 0 aromatic carbocycles. The zero-order valence-corrected chi connectivity index (χ0v) is 11.3. The number of carbonyl (C=O) groups excluding carboxylic acids is 1. The summed E-state index contributed by atoms with van der Waals surface area (Å²) in [5.74, 6) is 0.0682. The van der Waals surface area contributed by atoms with Crippen molar-refractivity contribution >= 4 is 33.2 Å². The van der Waals surface area contributed by atoms with Crippen molar-refractivity contribution in [3.8, 4) is 0 Å². The van der Waals surface area contributed by atoms with Crippen LogP contribution < -0.4 is 11.5 Å². The van der Waals surface area contributed by atoms with E-state index in [9.17, 15) is 4.79 Å². The number of thiophene rings is 1. The minimum absolute atomic E-state index is 0.262. The van der Waals surface area contributed by atoms with Crippen LogP contribution in [0.15, 0.2) is 9.85 Å². The predicted molar refractivity (Wildman–Crippen MR) is 69.7 cm³/mol. The molecule has 0 spiro atoms. The van der Waals surface area contributed by atoms with Gasteiger partial charge in [-0.1, -0.05) is 6.42 Å². The van der Waals surface area contributed by atoms with Gasteiger partial charge < -0.3 is 11.5 Å². The van der Waals surface area contributed by atoms with E-state index in [1.165, 1.54) is 11.3 Å². The van der Waals surface area contributed by atoms with E-state index in [0.29, 0.717) is 10.8 Å². The lowest BCUT2D eigenvalue weighted by molar-refractivity contribution is 0.100. The lowest BCUT2D eigenvalue weighted by atomic mass is 9.82. The number of hydrogen-bond donors (Lipinski definition) is 2. The van der Waals surface area contributed by atoms with Crippen molar-refractivity contribution < 1.29 is 4.79 Å². The molecule has 0 bridgehead atoms. The molecule has 1 amide bonds. The first-order valence-electron chi connectivity index (χ1n) is 5.42. The van der Waals surface area contributed by atoms with Gasteiger partial charge in [-0.15, -0.1) is 11.3 Å². The first kappa shape index (κ1) is 12.1. The number of halogens is 1. The second kappa shape index (κ2) is 4.85. The fraction of sp³-hybridized carbons (Fsp3) is 0.545. The fourth-order valence-electron chi connectivity index (χ4n) is 2.38. The van der Waals surface area contributed by atoms with Crippen LogP contribution in [0.5, 0.6) is 0 Å². The minimum Gasteiger partial charge on any atom is -0.365 e. The Bertz CT molecular complexity index is 405. The number of nitrogens with two attached hydrogens (primary N) is 2. The van der Waals surface area contributed by atoms with Crippen molar-refractivity contribution in [3.05, 3.63) is 20.3 Å². The summed E-state index contributed by atoms with van der Waals surface area (Å²) < 4.78 is 0.968. The van der Waals surface area contributed by atoms with Gasteiger partial charge in [0.25, 0.3) is 5.91 Å². The van der Waals surface area contributed by atoms with Crippen molar-refractivity contribution in [1.82, 2.24) is 0 Å². The molecule has 1 saturated carbocycles. The molecular formula is C11H15BrN2OS. The zero-order valence-electron chi connectivity index (χ0n) is 8.91. The highest BCUT2D eigenvalue weighted by Gasteiger charge is 2.25. The Morgan fingerprint density at radius 2 is 2.25 bits per heavy atom. The largest absolute Gasteiger partial charge is 0.365 e. The molecule has 0 saturated heterocycles. The van der Waals surface area contributed by atoms with Crippen LogP contribution in [0.2, 0.25) is 0 Å². The molecule has 0 aliphatic heterocycles. The van der Waals surface area contributed by atoms with Gasteiger partial charge in [-0.05, 0) is 52.7 Å². The Hall–Kier alpha value is -0.390. The molecule has 1 aromatic heterocycles. The molecular weight excluding hydrogens is 288 g/mol. The fourth-order valence-corrected chi connectivity index (χ4v) is 3.94. The van der Waals surface area contributed by atoms with Crippen molar-refractivity contribution in [2.24, 2.45) is 11.5 Å². The van der Waals surface area contributed by atoms with Crippen LogP contribution in [0.1, 0.15) is 46.8 Å². The van der Waals surface area contributed by atoms with Crippen LogP contribution in [0.3, 0.4) is 0 Å². The average Bonchev–Trinajstić information content (AvgIpc) is 2.60. The summed E-state index contributed by atoms with van der Waals surface area (Å²) in [5, 5.41) is 0. The lowest BCUT2D eigenvalue weighted by Gasteiger charge is -2.26. The lowest BCUT2D eigenvalue weighted by Crippen LogP contribution is -2.27. The van der Waals surface area contributed by atoms with Gasteiger partial charge in [-0.25, -0.2) is 0 Å². The number of carbonyl (C=O) groups is 1. The normalized spacial score (nSPS) is 25.6. The second-order valence-electron chi connectivity index (χ2n) is 4.32. The summed E-state index contributed by atoms with van der Waals surface area (Å²) in [7, 11) is 0. The SMILES string of the molecule is NC(=O)c1sc(Br)cc1C1CCCC(N)C1. The van der Waals surface area contributed by atoms with E-state index in [1.54, 1.807) is 0 Å². The predicted octanol–water partition coefficient (Wildman–Crippen LogP) is 2.59. The summed E-state index contributed by atoms with van der Waals surface area (Å²) in [5.41, 5.74) is 12.4. The van der Waals surface area contributed by atoms with Gasteiger partial charge >= 0.3 is 0 Å². The highest BCUT2D eigenvalue weighted by atomic mass is 79.9. The number of rotatable bonds is 2. The van der Waals surface area contributed by atoms with Gasteiger partial charge in [0.15, 0.2) is 0 Å². The van der Waals surface area contributed by atoms with Gasteiger partial charge in [0, 0.05) is 6.04 Å². The van der Waals surface area contributed by atoms with Gasteiger partial charge in [-0.2, -0.15) is 0 Å². The second-order valence-corrected chi connectivity index (χ2v) is 6.75. The Labute approximate surface area is 107 Å². The summed E-state index contributed by atoms with van der Waals surface area (Å²) in [6.07, 6.45) is 4.30. The zero-order chi connectivity index (χ0) is 11.7. The maximum absolute atomic E-state index is 11.3. The maximum atomic E-state index is 11.3. The molecule has 1 aliphatic carbocycles. The first-order chi connectivity index (χ1) is 7.58. The number of amides is 1. The third kappa shape index (κ3) is 2.47. The topological polar surface area (TPSA) is 69.1 Å². The van der Waals surface area contributed by atoms with Crippen LogP contribution in [0, 0.1) is 0 Å². The highest BCUT2D eigenvalue weighted by molar-refractivity contribution is 9.11. The monoisotopic (exact) mass is 302 g/mol. The molecule has 1 aliphatic rings. The van der Waals surface area contributed by atoms with E-state index in [-0.39, 0.29) is 11.9 Å². The average molecular weight is 303 g/mol. The number of primary amides is 1. The van der Waals surface area contributed by atoms with E-state index in [2.05, 4.69) is 15.9 Å². The standard InChI is InChI=1S/C11H15BrN2OS/c12-9-5-8(10(16-9)11(14)15)6-2-1-3-7(13)4-6/h5-7H,1-4,13H2,(H2,14,15). The molecule has 1 aromatic rings. The third-order valence-electron chi connectivity index (χ3n) is 3.11. The van der Waals surface area contributed by atoms with E-state index in [4.69, 9.17) is 11.5 Å². The minimum atomic E-state index is -0.329. The Balaban J connectivity index is 2.28. The van der Waals surface area contributed by atoms with Crippen LogP contribution in [-0.4, -0.2) is 11.9 Å². The van der Waals surface area contributed by atoms with Crippen molar-refractivity contribution in [2.75, 3.05) is 0 Å². The van der Waals surface area contributed by atoms with Crippen LogP contribution >= 0.6 is 27.3 Å². The molecule has 2 atom stereocenters. The third-order valence-corrected chi connectivity index (χ3v) is 4.78. The summed E-state index contributed by atoms with van der Waals surface area (Å²) in [4.78, 5) is 12.0. The van der Waals surface area contributed by atoms with E-state index in [1.807, 2.05) is 6.07 Å². The summed E-state index contributed by atoms with van der Waals surface area (Å²) >= 11 is 4.83. The van der Waals surface area contributed by atoms with Crippen LogP contribution in [0.4, 0.5) is 0 Å². The van der Waals surface area contributed by atoms with Gasteiger partial charge in [-0.3, -0.25) is 4.79 Å². The molecule has 2 unspecified atom stereocenters. The first-order valence-corrected chi connectivity index (χ1v) is 7.03. The Morgan fingerprint density at radius 1 is 1.50 bits per heavy atom. The van der Waals surface area contributed by atoms with E-state index in [0.717, 1.165) is 35.0 Å². The number of hydrogen-bond acceptors (Lipinski definition) is 3. The molecule has 3 nitrogen and oxygen atoms in total. The van der Waals surface area contributed by atoms with E-state index < -0.39 is 0 Å². The van der Waals surface area contributed by atoms with Crippen LogP contribution in [-0.2, 0) is 0 Å². The van der Waals surface area contributed by atoms with Crippen LogP contribution in [0.25, 0.3) is 0 Å². The smallest absolute Gasteiger partial charge is 0.259 e. The molecule has 1 fully saturated rings. The van der Waals surface area contributed by atoms with Crippen molar-refractivity contribution in [3.63, 3.8) is 0 Å². The molecule has 5 heteroatoms. The molecule has 88 valence electrons. The molecule has 0 radical (unpaired) electrons. The van der Waals surface area contributed by atoms with E-state index >= 15 is 0 Å². The summed E-state index contributed by atoms with van der Waals surface area (Å²) in [6.45, 7) is 0. The highest BCUT2D eigenvalue weighted by Crippen LogP contribution is 2.38. The quantitative estimate of drug-likeness (QED) is 0.881. The molecule has 16 heavy (non-hydrogen) atoms. The molecule has 2 rings (SSSR count). The van der Waals surface area contributed by atoms with Crippen molar-refractivity contribution in [1.29, 1.82) is 0 Å². The van der Waals surface area contributed by atoms with Gasteiger partial charge in [0.2, 0.25) is 0 Å². The molecule has 1 heterocycles. The Morgan fingerprint density at radius 3 is 2.88 bits per heavy atom. The molecule has 4 N–H and O–H groups in total. The Kier molecular flexibility index (Phi) is 3.66. The van der Waals surface area contributed by atoms with Gasteiger partial charge in [0.1, 0.15) is 0 Å². The maximum Gasteiger partial charge on any atom is 0.259 e. The summed E-state index contributed by atoms with van der Waals surface area (Å²) in [6, 6.07) is 2.28. The van der Waals surface area contributed by atoms with Crippen molar-refractivity contribution in [2.45, 2.75) is 37.6 Å².